The highest BCUT2D eigenvalue weighted by Crippen LogP contribution is 2.45. The van der Waals surface area contributed by atoms with Gasteiger partial charge in [0.1, 0.15) is 11.5 Å². The Bertz CT molecular complexity index is 1120. The molecule has 0 saturated carbocycles. The molecule has 1 amide bonds. The molecule has 1 aromatic heterocycles. The molecule has 1 aromatic carbocycles. The van der Waals surface area contributed by atoms with E-state index >= 15 is 4.39 Å². The second kappa shape index (κ2) is 5.96. The lowest BCUT2D eigenvalue weighted by Gasteiger charge is -2.49. The fourth-order valence-corrected chi connectivity index (χ4v) is 4.96. The number of anilines is 1. The number of sulfonamides is 1. The van der Waals surface area contributed by atoms with Crippen LogP contribution in [-0.2, 0) is 22.0 Å². The van der Waals surface area contributed by atoms with Crippen molar-refractivity contribution in [2.75, 3.05) is 18.1 Å². The molecule has 3 N–H and O–H groups in total. The average molecular weight is 407 g/mol. The van der Waals surface area contributed by atoms with Gasteiger partial charge in [-0.1, -0.05) is 6.07 Å². The van der Waals surface area contributed by atoms with Crippen LogP contribution in [0, 0.1) is 17.0 Å². The Morgan fingerprint density at radius 1 is 1.32 bits per heavy atom. The predicted molar refractivity (Wildman–Crippen MR) is 96.3 cm³/mol. The maximum Gasteiger partial charge on any atom is 0.274 e. The number of nitrogens with one attached hydrogen (secondary N) is 3. The molecule has 1 aliphatic carbocycles. The summed E-state index contributed by atoms with van der Waals surface area (Å²) >= 11 is 0. The molecule has 1 spiro atoms. The number of guanidine groups is 1. The zero-order valence-corrected chi connectivity index (χ0v) is 15.4. The summed E-state index contributed by atoms with van der Waals surface area (Å²) in [6.45, 7) is 0. The van der Waals surface area contributed by atoms with E-state index in [2.05, 4.69) is 15.6 Å². The van der Waals surface area contributed by atoms with Gasteiger partial charge in [-0.25, -0.2) is 26.5 Å². The molecule has 28 heavy (non-hydrogen) atoms. The van der Waals surface area contributed by atoms with Crippen molar-refractivity contribution in [2.24, 2.45) is 0 Å². The highest BCUT2D eigenvalue weighted by molar-refractivity contribution is 7.89. The highest BCUT2D eigenvalue weighted by atomic mass is 32.2. The van der Waals surface area contributed by atoms with E-state index in [9.17, 15) is 17.6 Å². The van der Waals surface area contributed by atoms with E-state index in [0.29, 0.717) is 5.56 Å². The standard InChI is InChI=1S/C17H15F2N5O3S/c1-24-16(20)23-17(8-28(24,26)27)6-9-2-4-11(14(19)13(9)17)22-15(25)12-5-3-10(18)7-21-12/h2-5,7H,6,8H2,1H3,(H2,20,23)(H,22,25)/t17-/m0/s1. The third-order valence-electron chi connectivity index (χ3n) is 4.93. The Labute approximate surface area is 159 Å². The van der Waals surface area contributed by atoms with E-state index in [4.69, 9.17) is 5.41 Å². The van der Waals surface area contributed by atoms with Crippen molar-refractivity contribution in [1.29, 1.82) is 5.41 Å². The molecule has 2 aliphatic rings. The Hall–Kier alpha value is -3.08. The van der Waals surface area contributed by atoms with E-state index in [-0.39, 0.29) is 29.3 Å². The number of hydrogen-bond donors (Lipinski definition) is 3. The number of hydrogen-bond acceptors (Lipinski definition) is 5. The number of nitrogens with zero attached hydrogens (tertiary/aromatic N) is 2. The van der Waals surface area contributed by atoms with E-state index in [1.807, 2.05) is 0 Å². The summed E-state index contributed by atoms with van der Waals surface area (Å²) in [4.78, 5) is 15.9. The van der Waals surface area contributed by atoms with Crippen LogP contribution in [0.5, 0.6) is 0 Å². The summed E-state index contributed by atoms with van der Waals surface area (Å²) in [5.41, 5.74) is -0.802. The number of pyridine rings is 1. The summed E-state index contributed by atoms with van der Waals surface area (Å²) in [5.74, 6) is -2.87. The Morgan fingerprint density at radius 3 is 2.71 bits per heavy atom. The first kappa shape index (κ1) is 18.3. The number of aromatic nitrogens is 1. The van der Waals surface area contributed by atoms with Gasteiger partial charge in [0.15, 0.2) is 5.82 Å². The molecule has 1 fully saturated rings. The van der Waals surface area contributed by atoms with Gasteiger partial charge in [0.2, 0.25) is 16.0 Å². The Balaban J connectivity index is 1.67. The predicted octanol–water partition coefficient (Wildman–Crippen LogP) is 1.16. The first-order valence-corrected chi connectivity index (χ1v) is 9.82. The summed E-state index contributed by atoms with van der Waals surface area (Å²) in [6.07, 6.45) is 1.11. The average Bonchev–Trinajstić information content (AvgIpc) is 2.61. The van der Waals surface area contributed by atoms with Gasteiger partial charge in [-0.05, 0) is 23.8 Å². The fraction of sp³-hybridized carbons (Fsp3) is 0.235. The van der Waals surface area contributed by atoms with Gasteiger partial charge in [-0.2, -0.15) is 0 Å². The molecular weight excluding hydrogens is 392 g/mol. The minimum absolute atomic E-state index is 0.0972. The molecule has 146 valence electrons. The van der Waals surface area contributed by atoms with Crippen LogP contribution in [0.15, 0.2) is 30.5 Å². The van der Waals surface area contributed by atoms with Crippen LogP contribution >= 0.6 is 0 Å². The topological polar surface area (TPSA) is 115 Å². The van der Waals surface area contributed by atoms with Crippen LogP contribution in [0.25, 0.3) is 0 Å². The number of amides is 1. The summed E-state index contributed by atoms with van der Waals surface area (Å²) in [6, 6.07) is 5.19. The molecule has 2 heterocycles. The van der Waals surface area contributed by atoms with Crippen LogP contribution in [-0.4, -0.2) is 42.4 Å². The minimum atomic E-state index is -3.77. The molecule has 0 radical (unpaired) electrons. The lowest BCUT2D eigenvalue weighted by Crippen LogP contribution is -2.66. The van der Waals surface area contributed by atoms with Crippen molar-refractivity contribution in [3.63, 3.8) is 0 Å². The van der Waals surface area contributed by atoms with E-state index < -0.39 is 38.9 Å². The normalized spacial score (nSPS) is 22.2. The summed E-state index contributed by atoms with van der Waals surface area (Å²) < 4.78 is 53.5. The van der Waals surface area contributed by atoms with Crippen LogP contribution in [0.4, 0.5) is 14.5 Å². The third-order valence-corrected chi connectivity index (χ3v) is 6.80. The summed E-state index contributed by atoms with van der Waals surface area (Å²) in [7, 11) is -2.52. The number of fused-ring (bicyclic) bond motifs is 2. The molecule has 0 bridgehead atoms. The first-order valence-electron chi connectivity index (χ1n) is 8.21. The van der Waals surface area contributed by atoms with E-state index in [0.717, 1.165) is 22.6 Å². The monoisotopic (exact) mass is 407 g/mol. The van der Waals surface area contributed by atoms with Crippen LogP contribution in [0.2, 0.25) is 0 Å². The third kappa shape index (κ3) is 2.70. The van der Waals surface area contributed by atoms with E-state index in [1.165, 1.54) is 13.1 Å². The van der Waals surface area contributed by atoms with Crippen LogP contribution in [0.1, 0.15) is 21.6 Å². The molecular formula is C17H15F2N5O3S. The molecule has 4 rings (SSSR count). The maximum atomic E-state index is 15.1. The number of benzene rings is 1. The van der Waals surface area contributed by atoms with Crippen molar-refractivity contribution < 1.29 is 22.0 Å². The van der Waals surface area contributed by atoms with Crippen molar-refractivity contribution in [3.8, 4) is 0 Å². The van der Waals surface area contributed by atoms with Gasteiger partial charge in [0.05, 0.1) is 23.2 Å². The maximum absolute atomic E-state index is 15.1. The Kier molecular flexibility index (Phi) is 3.89. The van der Waals surface area contributed by atoms with Gasteiger partial charge in [-0.3, -0.25) is 10.2 Å². The molecule has 1 aliphatic heterocycles. The molecule has 0 unspecified atom stereocenters. The quantitative estimate of drug-likeness (QED) is 0.691. The fourth-order valence-electron chi connectivity index (χ4n) is 3.50. The first-order chi connectivity index (χ1) is 13.1. The largest absolute Gasteiger partial charge is 0.345 e. The van der Waals surface area contributed by atoms with Crippen LogP contribution < -0.4 is 10.6 Å². The lowest BCUT2D eigenvalue weighted by atomic mass is 9.71. The minimum Gasteiger partial charge on any atom is -0.345 e. The van der Waals surface area contributed by atoms with Gasteiger partial charge in [-0.15, -0.1) is 0 Å². The molecule has 1 saturated heterocycles. The molecule has 8 nitrogen and oxygen atoms in total. The number of carbonyl (C=O) groups excluding carboxylic acids is 1. The molecule has 1 atom stereocenters. The second-order valence-corrected chi connectivity index (χ2v) is 8.73. The van der Waals surface area contributed by atoms with Crippen molar-refractivity contribution >= 4 is 27.6 Å². The van der Waals surface area contributed by atoms with Crippen molar-refractivity contribution in [1.82, 2.24) is 14.6 Å². The lowest BCUT2D eigenvalue weighted by molar-refractivity contribution is 0.102. The Morgan fingerprint density at radius 2 is 2.07 bits per heavy atom. The zero-order valence-electron chi connectivity index (χ0n) is 14.6. The van der Waals surface area contributed by atoms with Gasteiger partial charge in [0, 0.05) is 19.0 Å². The number of carbonyl (C=O) groups is 1. The SMILES string of the molecule is CN1C(=N)N[C@@]2(Cc3ccc(NC(=O)c4ccc(F)cn4)c(F)c32)CS1(=O)=O. The zero-order chi connectivity index (χ0) is 20.3. The smallest absolute Gasteiger partial charge is 0.274 e. The van der Waals surface area contributed by atoms with Crippen molar-refractivity contribution in [2.45, 2.75) is 12.0 Å². The second-order valence-electron chi connectivity index (χ2n) is 6.73. The highest BCUT2D eigenvalue weighted by Gasteiger charge is 2.53. The molecule has 2 aromatic rings. The van der Waals surface area contributed by atoms with E-state index in [1.54, 1.807) is 6.07 Å². The van der Waals surface area contributed by atoms with Gasteiger partial charge in [0.25, 0.3) is 5.91 Å². The van der Waals surface area contributed by atoms with Gasteiger partial charge >= 0.3 is 0 Å². The van der Waals surface area contributed by atoms with Crippen LogP contribution in [0.3, 0.4) is 0 Å². The number of rotatable bonds is 2. The molecule has 11 heteroatoms. The number of halogens is 2. The van der Waals surface area contributed by atoms with Crippen molar-refractivity contribution in [3.05, 3.63) is 58.9 Å². The summed E-state index contributed by atoms with van der Waals surface area (Å²) in [5, 5.41) is 13.0. The van der Waals surface area contributed by atoms with Gasteiger partial charge < -0.3 is 10.6 Å².